The summed E-state index contributed by atoms with van der Waals surface area (Å²) in [5, 5.41) is 5.56. The van der Waals surface area contributed by atoms with E-state index in [-0.39, 0.29) is 11.8 Å². The average Bonchev–Trinajstić information content (AvgIpc) is 2.57. The van der Waals surface area contributed by atoms with Gasteiger partial charge in [-0.1, -0.05) is 12.1 Å². The predicted molar refractivity (Wildman–Crippen MR) is 92.3 cm³/mol. The summed E-state index contributed by atoms with van der Waals surface area (Å²) in [7, 11) is 1.64. The lowest BCUT2D eigenvalue weighted by atomic mass is 10.1. The van der Waals surface area contributed by atoms with Crippen molar-refractivity contribution < 1.29 is 14.3 Å². The normalized spacial score (nSPS) is 13.1. The van der Waals surface area contributed by atoms with Crippen molar-refractivity contribution in [2.24, 2.45) is 0 Å². The Morgan fingerprint density at radius 2 is 2.12 bits per heavy atom. The molecule has 6 nitrogen and oxygen atoms in total. The number of carbonyl (C=O) groups excluding carboxylic acids is 2. The van der Waals surface area contributed by atoms with Gasteiger partial charge in [0, 0.05) is 19.2 Å². The Bertz CT molecular complexity index is 789. The third-order valence-corrected chi connectivity index (χ3v) is 3.84. The van der Waals surface area contributed by atoms with Crippen LogP contribution >= 0.6 is 0 Å². The Labute approximate surface area is 140 Å². The number of anilines is 2. The highest BCUT2D eigenvalue weighted by Gasteiger charge is 2.23. The van der Waals surface area contributed by atoms with Gasteiger partial charge in [-0.25, -0.2) is 0 Å². The number of fused-ring (bicyclic) bond motifs is 1. The number of amides is 2. The lowest BCUT2D eigenvalue weighted by molar-refractivity contribution is -0.114. The van der Waals surface area contributed by atoms with Crippen molar-refractivity contribution in [1.29, 1.82) is 0 Å². The van der Waals surface area contributed by atoms with E-state index in [9.17, 15) is 9.59 Å². The molecule has 3 rings (SSSR count). The molecule has 1 aliphatic heterocycles. The molecular formula is C18H19N3O3. The van der Waals surface area contributed by atoms with Crippen LogP contribution in [0.1, 0.15) is 22.8 Å². The van der Waals surface area contributed by atoms with Crippen LogP contribution in [0.3, 0.4) is 0 Å². The van der Waals surface area contributed by atoms with Crippen molar-refractivity contribution >= 4 is 23.2 Å². The van der Waals surface area contributed by atoms with Crippen molar-refractivity contribution in [3.63, 3.8) is 0 Å². The number of benzene rings is 2. The lowest BCUT2D eigenvalue weighted by Crippen LogP contribution is -2.43. The Morgan fingerprint density at radius 1 is 1.29 bits per heavy atom. The number of rotatable bonds is 4. The van der Waals surface area contributed by atoms with E-state index in [1.54, 1.807) is 19.2 Å². The molecule has 0 unspecified atom stereocenters. The van der Waals surface area contributed by atoms with E-state index >= 15 is 0 Å². The van der Waals surface area contributed by atoms with E-state index in [1.165, 1.54) is 6.92 Å². The highest BCUT2D eigenvalue weighted by molar-refractivity contribution is 6.03. The maximum Gasteiger partial charge on any atom is 0.254 e. The van der Waals surface area contributed by atoms with Gasteiger partial charge in [-0.15, -0.1) is 0 Å². The topological polar surface area (TPSA) is 70.7 Å². The summed E-state index contributed by atoms with van der Waals surface area (Å²) in [6.07, 6.45) is 0. The van der Waals surface area contributed by atoms with Gasteiger partial charge in [-0.3, -0.25) is 9.59 Å². The van der Waals surface area contributed by atoms with Crippen LogP contribution in [0.25, 0.3) is 0 Å². The van der Waals surface area contributed by atoms with E-state index in [1.807, 2.05) is 30.3 Å². The SMILES string of the molecule is COc1cccc(CN2CNC(=O)c3cc(NC(C)=O)ccc32)c1. The van der Waals surface area contributed by atoms with Crippen LogP contribution in [0.15, 0.2) is 42.5 Å². The monoisotopic (exact) mass is 325 g/mol. The minimum absolute atomic E-state index is 0.140. The van der Waals surface area contributed by atoms with Crippen LogP contribution in [0, 0.1) is 0 Å². The summed E-state index contributed by atoms with van der Waals surface area (Å²) in [5.74, 6) is 0.494. The van der Waals surface area contributed by atoms with Crippen LogP contribution in [0.4, 0.5) is 11.4 Å². The number of ether oxygens (including phenoxy) is 1. The molecule has 2 aromatic carbocycles. The number of hydrogen-bond acceptors (Lipinski definition) is 4. The second kappa shape index (κ2) is 6.62. The van der Waals surface area contributed by atoms with Crippen molar-refractivity contribution in [2.75, 3.05) is 24.0 Å². The van der Waals surface area contributed by atoms with Crippen LogP contribution in [-0.2, 0) is 11.3 Å². The summed E-state index contributed by atoms with van der Waals surface area (Å²) in [5.41, 5.74) is 3.09. The molecule has 1 aliphatic rings. The smallest absolute Gasteiger partial charge is 0.254 e. The zero-order chi connectivity index (χ0) is 17.1. The molecule has 2 aromatic rings. The molecule has 24 heavy (non-hydrogen) atoms. The van der Waals surface area contributed by atoms with Gasteiger partial charge in [0.05, 0.1) is 25.0 Å². The maximum atomic E-state index is 12.2. The Kier molecular flexibility index (Phi) is 4.37. The summed E-state index contributed by atoms with van der Waals surface area (Å²) < 4.78 is 5.25. The van der Waals surface area contributed by atoms with Gasteiger partial charge in [0.1, 0.15) is 5.75 Å². The maximum absolute atomic E-state index is 12.2. The number of carbonyl (C=O) groups is 2. The Hall–Kier alpha value is -3.02. The zero-order valence-corrected chi connectivity index (χ0v) is 13.6. The van der Waals surface area contributed by atoms with Crippen molar-refractivity contribution in [1.82, 2.24) is 5.32 Å². The van der Waals surface area contributed by atoms with Gasteiger partial charge in [0.25, 0.3) is 5.91 Å². The van der Waals surface area contributed by atoms with Gasteiger partial charge in [-0.05, 0) is 35.9 Å². The largest absolute Gasteiger partial charge is 0.497 e. The predicted octanol–water partition coefficient (Wildman–Crippen LogP) is 2.36. The number of nitrogens with zero attached hydrogens (tertiary/aromatic N) is 1. The van der Waals surface area contributed by atoms with Crippen molar-refractivity contribution in [3.05, 3.63) is 53.6 Å². The van der Waals surface area contributed by atoms with E-state index in [2.05, 4.69) is 15.5 Å². The van der Waals surface area contributed by atoms with E-state index in [4.69, 9.17) is 4.74 Å². The molecular weight excluding hydrogens is 306 g/mol. The second-order valence-corrected chi connectivity index (χ2v) is 5.63. The van der Waals surface area contributed by atoms with Crippen molar-refractivity contribution in [2.45, 2.75) is 13.5 Å². The lowest BCUT2D eigenvalue weighted by Gasteiger charge is -2.31. The van der Waals surface area contributed by atoms with Gasteiger partial charge in [-0.2, -0.15) is 0 Å². The summed E-state index contributed by atoms with van der Waals surface area (Å²) in [4.78, 5) is 25.4. The van der Waals surface area contributed by atoms with Crippen LogP contribution in [0.5, 0.6) is 5.75 Å². The Morgan fingerprint density at radius 3 is 2.88 bits per heavy atom. The fraction of sp³-hybridized carbons (Fsp3) is 0.222. The minimum Gasteiger partial charge on any atom is -0.497 e. The van der Waals surface area contributed by atoms with Crippen LogP contribution in [-0.4, -0.2) is 25.6 Å². The molecule has 0 atom stereocenters. The summed E-state index contributed by atoms with van der Waals surface area (Å²) >= 11 is 0. The van der Waals surface area contributed by atoms with Crippen molar-refractivity contribution in [3.8, 4) is 5.75 Å². The molecule has 6 heteroatoms. The van der Waals surface area contributed by atoms with E-state index in [0.29, 0.717) is 24.5 Å². The van der Waals surface area contributed by atoms with Gasteiger partial charge >= 0.3 is 0 Å². The first-order chi connectivity index (χ1) is 11.6. The van der Waals surface area contributed by atoms with Gasteiger partial charge in [0.2, 0.25) is 5.91 Å². The number of nitrogens with one attached hydrogen (secondary N) is 2. The fourth-order valence-electron chi connectivity index (χ4n) is 2.75. The molecule has 0 saturated heterocycles. The molecule has 0 fully saturated rings. The molecule has 0 spiro atoms. The first kappa shape index (κ1) is 15.9. The standard InChI is InChI=1S/C18H19N3O3/c1-12(22)20-14-6-7-17-16(9-14)18(23)19-11-21(17)10-13-4-3-5-15(8-13)24-2/h3-9H,10-11H2,1-2H3,(H,19,23)(H,20,22). The molecule has 1 heterocycles. The highest BCUT2D eigenvalue weighted by Crippen LogP contribution is 2.28. The first-order valence-corrected chi connectivity index (χ1v) is 7.64. The van der Waals surface area contributed by atoms with Crippen LogP contribution < -0.4 is 20.3 Å². The molecule has 0 bridgehead atoms. The number of hydrogen-bond donors (Lipinski definition) is 2. The quantitative estimate of drug-likeness (QED) is 0.905. The third-order valence-electron chi connectivity index (χ3n) is 3.84. The molecule has 2 amide bonds. The van der Waals surface area contributed by atoms with Gasteiger partial charge < -0.3 is 20.3 Å². The summed E-state index contributed by atoms with van der Waals surface area (Å²) in [6.45, 7) is 2.51. The fourth-order valence-corrected chi connectivity index (χ4v) is 2.75. The second-order valence-electron chi connectivity index (χ2n) is 5.63. The zero-order valence-electron chi connectivity index (χ0n) is 13.6. The highest BCUT2D eigenvalue weighted by atomic mass is 16.5. The Balaban J connectivity index is 1.88. The number of methoxy groups -OCH3 is 1. The molecule has 0 aromatic heterocycles. The molecule has 0 saturated carbocycles. The third kappa shape index (κ3) is 3.32. The molecule has 0 radical (unpaired) electrons. The van der Waals surface area contributed by atoms with E-state index < -0.39 is 0 Å². The molecule has 124 valence electrons. The first-order valence-electron chi connectivity index (χ1n) is 7.64. The van der Waals surface area contributed by atoms with Gasteiger partial charge in [0.15, 0.2) is 0 Å². The summed E-state index contributed by atoms with van der Waals surface area (Å²) in [6, 6.07) is 13.2. The molecule has 2 N–H and O–H groups in total. The van der Waals surface area contributed by atoms with E-state index in [0.717, 1.165) is 17.0 Å². The minimum atomic E-state index is -0.167. The molecule has 0 aliphatic carbocycles. The average molecular weight is 325 g/mol. The van der Waals surface area contributed by atoms with Crippen LogP contribution in [0.2, 0.25) is 0 Å².